The standard InChI is InChI=1S/C21H22FN3O2/c1-3-25(14-20(26)23-13-15-8-10-17(22)11-9-15)21(27)19-12-16-6-4-5-7-18(16)24(19)2/h4-12H,3,13-14H2,1-2H3,(H,23,26). The van der Waals surface area contributed by atoms with Crippen LogP contribution in [0.25, 0.3) is 10.9 Å². The average molecular weight is 367 g/mol. The summed E-state index contributed by atoms with van der Waals surface area (Å²) in [7, 11) is 1.85. The number of aryl methyl sites for hydroxylation is 1. The monoisotopic (exact) mass is 367 g/mol. The van der Waals surface area contributed by atoms with E-state index >= 15 is 0 Å². The SMILES string of the molecule is CCN(CC(=O)NCc1ccc(F)cc1)C(=O)c1cc2ccccc2n1C. The molecule has 3 aromatic rings. The van der Waals surface area contributed by atoms with E-state index < -0.39 is 0 Å². The van der Waals surface area contributed by atoms with E-state index in [9.17, 15) is 14.0 Å². The lowest BCUT2D eigenvalue weighted by Crippen LogP contribution is -2.41. The molecule has 0 fully saturated rings. The summed E-state index contributed by atoms with van der Waals surface area (Å²) in [5.74, 6) is -0.760. The topological polar surface area (TPSA) is 54.3 Å². The number of hydrogen-bond donors (Lipinski definition) is 1. The Kier molecular flexibility index (Phi) is 5.54. The number of benzene rings is 2. The summed E-state index contributed by atoms with van der Waals surface area (Å²) >= 11 is 0. The molecule has 0 aliphatic heterocycles. The maximum absolute atomic E-state index is 12.9. The Balaban J connectivity index is 1.66. The van der Waals surface area contributed by atoms with Crippen molar-refractivity contribution in [1.29, 1.82) is 0 Å². The molecule has 0 aliphatic carbocycles. The van der Waals surface area contributed by atoms with Crippen molar-refractivity contribution in [2.75, 3.05) is 13.1 Å². The fraction of sp³-hybridized carbons (Fsp3) is 0.238. The fourth-order valence-corrected chi connectivity index (χ4v) is 3.02. The molecule has 3 rings (SSSR count). The Bertz CT molecular complexity index is 963. The van der Waals surface area contributed by atoms with Crippen LogP contribution in [0.5, 0.6) is 0 Å². The first-order valence-corrected chi connectivity index (χ1v) is 8.84. The van der Waals surface area contributed by atoms with Gasteiger partial charge >= 0.3 is 0 Å². The van der Waals surface area contributed by atoms with Gasteiger partial charge in [-0.25, -0.2) is 4.39 Å². The molecule has 0 atom stereocenters. The minimum Gasteiger partial charge on any atom is -0.350 e. The summed E-state index contributed by atoms with van der Waals surface area (Å²) in [6, 6.07) is 15.6. The largest absolute Gasteiger partial charge is 0.350 e. The number of aromatic nitrogens is 1. The van der Waals surface area contributed by atoms with Crippen LogP contribution < -0.4 is 5.32 Å². The molecule has 6 heteroatoms. The van der Waals surface area contributed by atoms with Crippen molar-refractivity contribution in [1.82, 2.24) is 14.8 Å². The zero-order chi connectivity index (χ0) is 19.4. The van der Waals surface area contributed by atoms with E-state index in [0.717, 1.165) is 16.5 Å². The maximum atomic E-state index is 12.9. The second kappa shape index (κ2) is 8.03. The van der Waals surface area contributed by atoms with E-state index in [2.05, 4.69) is 5.32 Å². The lowest BCUT2D eigenvalue weighted by molar-refractivity contribution is -0.121. The van der Waals surface area contributed by atoms with Crippen LogP contribution in [0, 0.1) is 5.82 Å². The van der Waals surface area contributed by atoms with Gasteiger partial charge in [0.05, 0.1) is 6.54 Å². The Hall–Kier alpha value is -3.15. The van der Waals surface area contributed by atoms with Crippen molar-refractivity contribution in [2.24, 2.45) is 7.05 Å². The van der Waals surface area contributed by atoms with E-state index in [0.29, 0.717) is 18.8 Å². The summed E-state index contributed by atoms with van der Waals surface area (Å²) in [5, 5.41) is 3.75. The molecule has 0 aliphatic rings. The van der Waals surface area contributed by atoms with Crippen molar-refractivity contribution in [3.63, 3.8) is 0 Å². The minimum absolute atomic E-state index is 0.0297. The number of rotatable bonds is 6. The number of halogens is 1. The van der Waals surface area contributed by atoms with E-state index in [1.165, 1.54) is 17.0 Å². The van der Waals surface area contributed by atoms with Gasteiger partial charge in [0.1, 0.15) is 11.5 Å². The van der Waals surface area contributed by atoms with Gasteiger partial charge in [-0.05, 0) is 36.8 Å². The Morgan fingerprint density at radius 3 is 2.48 bits per heavy atom. The second-order valence-corrected chi connectivity index (χ2v) is 6.37. The first kappa shape index (κ1) is 18.6. The average Bonchev–Trinajstić information content (AvgIpc) is 3.02. The van der Waals surface area contributed by atoms with E-state index in [4.69, 9.17) is 0 Å². The molecule has 140 valence electrons. The Morgan fingerprint density at radius 2 is 1.81 bits per heavy atom. The number of amides is 2. The smallest absolute Gasteiger partial charge is 0.270 e. The lowest BCUT2D eigenvalue weighted by Gasteiger charge is -2.20. The molecule has 0 saturated carbocycles. The van der Waals surface area contributed by atoms with Crippen LogP contribution >= 0.6 is 0 Å². The summed E-state index contributed by atoms with van der Waals surface area (Å²) in [4.78, 5) is 26.7. The number of para-hydroxylation sites is 1. The molecule has 2 amide bonds. The van der Waals surface area contributed by atoms with Gasteiger partial charge in [-0.15, -0.1) is 0 Å². The molecular formula is C21H22FN3O2. The van der Waals surface area contributed by atoms with E-state index in [1.54, 1.807) is 12.1 Å². The molecular weight excluding hydrogens is 345 g/mol. The van der Waals surface area contributed by atoms with Gasteiger partial charge in [-0.3, -0.25) is 9.59 Å². The molecule has 1 heterocycles. The van der Waals surface area contributed by atoms with Gasteiger partial charge in [0, 0.05) is 31.0 Å². The van der Waals surface area contributed by atoms with E-state index in [1.807, 2.05) is 48.9 Å². The molecule has 0 saturated heterocycles. The van der Waals surface area contributed by atoms with Crippen molar-refractivity contribution in [3.05, 3.63) is 71.7 Å². The van der Waals surface area contributed by atoms with Crippen LogP contribution in [0.4, 0.5) is 4.39 Å². The molecule has 1 N–H and O–H groups in total. The number of carbonyl (C=O) groups is 2. The lowest BCUT2D eigenvalue weighted by atomic mass is 10.2. The Morgan fingerprint density at radius 1 is 1.11 bits per heavy atom. The van der Waals surface area contributed by atoms with Crippen molar-refractivity contribution in [3.8, 4) is 0 Å². The predicted molar refractivity (Wildman–Crippen MR) is 103 cm³/mol. The Labute approximate surface area is 157 Å². The van der Waals surface area contributed by atoms with Crippen molar-refractivity contribution < 1.29 is 14.0 Å². The number of nitrogens with zero attached hydrogens (tertiary/aromatic N) is 2. The first-order valence-electron chi connectivity index (χ1n) is 8.84. The van der Waals surface area contributed by atoms with Gasteiger partial charge < -0.3 is 14.8 Å². The van der Waals surface area contributed by atoms with Crippen LogP contribution in [-0.4, -0.2) is 34.4 Å². The quantitative estimate of drug-likeness (QED) is 0.728. The number of likely N-dealkylation sites (N-methyl/N-ethyl adjacent to an activating group) is 1. The van der Waals surface area contributed by atoms with Crippen molar-refractivity contribution in [2.45, 2.75) is 13.5 Å². The number of carbonyl (C=O) groups excluding carboxylic acids is 2. The first-order chi connectivity index (χ1) is 13.0. The highest BCUT2D eigenvalue weighted by Crippen LogP contribution is 2.19. The summed E-state index contributed by atoms with van der Waals surface area (Å²) in [6.07, 6.45) is 0. The number of fused-ring (bicyclic) bond motifs is 1. The third-order valence-electron chi connectivity index (χ3n) is 4.58. The number of nitrogens with one attached hydrogen (secondary N) is 1. The molecule has 5 nitrogen and oxygen atoms in total. The molecule has 27 heavy (non-hydrogen) atoms. The highest BCUT2D eigenvalue weighted by atomic mass is 19.1. The van der Waals surface area contributed by atoms with Crippen LogP contribution in [0.3, 0.4) is 0 Å². The highest BCUT2D eigenvalue weighted by Gasteiger charge is 2.21. The summed E-state index contributed by atoms with van der Waals surface area (Å²) in [6.45, 7) is 2.52. The molecule has 0 spiro atoms. The van der Waals surface area contributed by atoms with Gasteiger partial charge in [0.25, 0.3) is 5.91 Å². The molecule has 1 aromatic heterocycles. The maximum Gasteiger partial charge on any atom is 0.270 e. The highest BCUT2D eigenvalue weighted by molar-refractivity contribution is 6.00. The zero-order valence-corrected chi connectivity index (χ0v) is 15.4. The minimum atomic E-state index is -0.317. The van der Waals surface area contributed by atoms with Gasteiger partial charge in [-0.2, -0.15) is 0 Å². The van der Waals surface area contributed by atoms with Crippen LogP contribution in [0.1, 0.15) is 23.0 Å². The second-order valence-electron chi connectivity index (χ2n) is 6.37. The van der Waals surface area contributed by atoms with Crippen LogP contribution in [0.15, 0.2) is 54.6 Å². The van der Waals surface area contributed by atoms with Crippen molar-refractivity contribution >= 4 is 22.7 Å². The van der Waals surface area contributed by atoms with Crippen LogP contribution in [0.2, 0.25) is 0 Å². The van der Waals surface area contributed by atoms with Gasteiger partial charge in [0.15, 0.2) is 0 Å². The predicted octanol–water partition coefficient (Wildman–Crippen LogP) is 3.10. The zero-order valence-electron chi connectivity index (χ0n) is 15.4. The molecule has 2 aromatic carbocycles. The third kappa shape index (κ3) is 4.16. The van der Waals surface area contributed by atoms with Gasteiger partial charge in [0.2, 0.25) is 5.91 Å². The molecule has 0 unspecified atom stereocenters. The molecule has 0 radical (unpaired) electrons. The van der Waals surface area contributed by atoms with Crippen LogP contribution in [-0.2, 0) is 18.4 Å². The normalized spacial score (nSPS) is 10.8. The molecule has 0 bridgehead atoms. The summed E-state index contributed by atoms with van der Waals surface area (Å²) in [5.41, 5.74) is 2.31. The summed E-state index contributed by atoms with van der Waals surface area (Å²) < 4.78 is 14.8. The van der Waals surface area contributed by atoms with Gasteiger partial charge in [-0.1, -0.05) is 30.3 Å². The van der Waals surface area contributed by atoms with E-state index in [-0.39, 0.29) is 24.2 Å². The number of hydrogen-bond acceptors (Lipinski definition) is 2. The third-order valence-corrected chi connectivity index (χ3v) is 4.58. The fourth-order valence-electron chi connectivity index (χ4n) is 3.02.